The third-order valence-electron chi connectivity index (χ3n) is 4.99. The predicted octanol–water partition coefficient (Wildman–Crippen LogP) is 5.78. The molecule has 0 bridgehead atoms. The van der Waals surface area contributed by atoms with Crippen LogP contribution in [0.25, 0.3) is 0 Å². The molecule has 0 aliphatic heterocycles. The molecule has 2 unspecified atom stereocenters. The fourth-order valence-corrected chi connectivity index (χ4v) is 3.32. The summed E-state index contributed by atoms with van der Waals surface area (Å²) in [6, 6.07) is 14.2. The zero-order valence-electron chi connectivity index (χ0n) is 14.7. The molecule has 1 aliphatic rings. The molecule has 124 valence electrons. The number of aromatic hydroxyl groups is 1. The van der Waals surface area contributed by atoms with E-state index in [2.05, 4.69) is 43.0 Å². The highest BCUT2D eigenvalue weighted by Gasteiger charge is 2.37. The van der Waals surface area contributed by atoms with E-state index in [9.17, 15) is 5.11 Å². The molecule has 2 atom stereocenters. The normalized spacial score (nSPS) is 18.8. The van der Waals surface area contributed by atoms with E-state index in [1.165, 1.54) is 37.7 Å². The number of phenolic OH excluding ortho intramolecular Hbond substituents is 1. The quantitative estimate of drug-likeness (QED) is 0.547. The van der Waals surface area contributed by atoms with Gasteiger partial charge < -0.3 is 5.11 Å². The van der Waals surface area contributed by atoms with E-state index in [1.54, 1.807) is 6.07 Å². The smallest absolute Gasteiger partial charge is 0.118 e. The van der Waals surface area contributed by atoms with E-state index in [1.807, 2.05) is 19.1 Å². The molecule has 2 aromatic carbocycles. The van der Waals surface area contributed by atoms with Crippen LogP contribution >= 0.6 is 0 Å². The lowest BCUT2D eigenvalue weighted by atomic mass is 10.0. The molecule has 0 spiro atoms. The minimum absolute atomic E-state index is 0.322. The van der Waals surface area contributed by atoms with Gasteiger partial charge in [-0.05, 0) is 73.1 Å². The maximum atomic E-state index is 9.56. The fourth-order valence-electron chi connectivity index (χ4n) is 3.32. The number of rotatable bonds is 5. The molecule has 24 heavy (non-hydrogen) atoms. The SMILES string of the molecule is CCCCCC1CC1c1ccc(C#Cc2ccc(O)c(C)c2)cc1. The second-order valence-electron chi connectivity index (χ2n) is 6.97. The molecule has 0 amide bonds. The maximum Gasteiger partial charge on any atom is 0.118 e. The van der Waals surface area contributed by atoms with Crippen molar-refractivity contribution in [2.75, 3.05) is 0 Å². The van der Waals surface area contributed by atoms with Gasteiger partial charge in [0.25, 0.3) is 0 Å². The van der Waals surface area contributed by atoms with Crippen LogP contribution in [0.4, 0.5) is 0 Å². The molecule has 0 saturated heterocycles. The Hall–Kier alpha value is -2.20. The van der Waals surface area contributed by atoms with Gasteiger partial charge in [-0.1, -0.05) is 50.2 Å². The fraction of sp³-hybridized carbons (Fsp3) is 0.391. The molecule has 1 saturated carbocycles. The van der Waals surface area contributed by atoms with Crippen LogP contribution in [0.2, 0.25) is 0 Å². The van der Waals surface area contributed by atoms with Crippen molar-refractivity contribution in [3.05, 3.63) is 64.7 Å². The Morgan fingerprint density at radius 1 is 1.00 bits per heavy atom. The molecule has 3 rings (SSSR count). The van der Waals surface area contributed by atoms with Crippen LogP contribution in [0, 0.1) is 24.7 Å². The van der Waals surface area contributed by atoms with E-state index in [-0.39, 0.29) is 0 Å². The van der Waals surface area contributed by atoms with Crippen LogP contribution in [0.15, 0.2) is 42.5 Å². The minimum Gasteiger partial charge on any atom is -0.508 e. The summed E-state index contributed by atoms with van der Waals surface area (Å²) >= 11 is 0. The zero-order valence-corrected chi connectivity index (χ0v) is 14.7. The van der Waals surface area contributed by atoms with Crippen LogP contribution in [-0.4, -0.2) is 5.11 Å². The van der Waals surface area contributed by atoms with Crippen LogP contribution in [0.3, 0.4) is 0 Å². The van der Waals surface area contributed by atoms with Crippen molar-refractivity contribution < 1.29 is 5.11 Å². The van der Waals surface area contributed by atoms with E-state index in [0.29, 0.717) is 5.75 Å². The highest BCUT2D eigenvalue weighted by molar-refractivity contribution is 5.47. The summed E-state index contributed by atoms with van der Waals surface area (Å²) in [5, 5.41) is 9.56. The van der Waals surface area contributed by atoms with Gasteiger partial charge >= 0.3 is 0 Å². The molecule has 1 heteroatoms. The Morgan fingerprint density at radius 3 is 2.42 bits per heavy atom. The first-order chi connectivity index (χ1) is 11.7. The van der Waals surface area contributed by atoms with Crippen LogP contribution < -0.4 is 0 Å². The van der Waals surface area contributed by atoms with Gasteiger partial charge in [-0.15, -0.1) is 0 Å². The number of hydrogen-bond donors (Lipinski definition) is 1. The highest BCUT2D eigenvalue weighted by Crippen LogP contribution is 2.50. The molecular formula is C23H26O. The Kier molecular flexibility index (Phi) is 5.26. The van der Waals surface area contributed by atoms with E-state index in [4.69, 9.17) is 0 Å². The Balaban J connectivity index is 1.60. The first-order valence-electron chi connectivity index (χ1n) is 9.09. The van der Waals surface area contributed by atoms with Crippen LogP contribution in [0.5, 0.6) is 5.75 Å². The van der Waals surface area contributed by atoms with Crippen molar-refractivity contribution in [3.63, 3.8) is 0 Å². The standard InChI is InChI=1S/C23H26O/c1-3-4-5-6-21-16-22(21)20-12-9-18(10-13-20)7-8-19-11-14-23(24)17(2)15-19/h9-15,21-22,24H,3-6,16H2,1-2H3. The van der Waals surface area contributed by atoms with Crippen molar-refractivity contribution in [2.24, 2.45) is 5.92 Å². The third-order valence-corrected chi connectivity index (χ3v) is 4.99. The topological polar surface area (TPSA) is 20.2 Å². The average Bonchev–Trinajstić information content (AvgIpc) is 3.36. The summed E-state index contributed by atoms with van der Waals surface area (Å²) in [5.41, 5.74) is 4.32. The lowest BCUT2D eigenvalue weighted by molar-refractivity contribution is 0.471. The van der Waals surface area contributed by atoms with Crippen molar-refractivity contribution in [1.82, 2.24) is 0 Å². The summed E-state index contributed by atoms with van der Waals surface area (Å²) in [6.07, 6.45) is 6.81. The van der Waals surface area contributed by atoms with Gasteiger partial charge in [-0.25, -0.2) is 0 Å². The number of phenols is 1. The molecule has 0 heterocycles. The van der Waals surface area contributed by atoms with Gasteiger partial charge in [0.15, 0.2) is 0 Å². The summed E-state index contributed by atoms with van der Waals surface area (Å²) in [4.78, 5) is 0. The Bertz CT molecular complexity index is 746. The second kappa shape index (κ2) is 7.58. The molecule has 2 aromatic rings. The molecule has 1 nitrogen and oxygen atoms in total. The Labute approximate surface area is 145 Å². The number of hydrogen-bond acceptors (Lipinski definition) is 1. The van der Waals surface area contributed by atoms with Gasteiger partial charge in [0.2, 0.25) is 0 Å². The summed E-state index contributed by atoms with van der Waals surface area (Å²) in [5.74, 6) is 8.40. The average molecular weight is 318 g/mol. The monoisotopic (exact) mass is 318 g/mol. The van der Waals surface area contributed by atoms with Gasteiger partial charge in [0.05, 0.1) is 0 Å². The summed E-state index contributed by atoms with van der Waals surface area (Å²) in [6.45, 7) is 4.16. The minimum atomic E-state index is 0.322. The van der Waals surface area contributed by atoms with Gasteiger partial charge in [-0.3, -0.25) is 0 Å². The van der Waals surface area contributed by atoms with Gasteiger partial charge in [0.1, 0.15) is 5.75 Å². The first kappa shape index (κ1) is 16.7. The molecular weight excluding hydrogens is 292 g/mol. The maximum absolute atomic E-state index is 9.56. The molecule has 1 aliphatic carbocycles. The summed E-state index contributed by atoms with van der Waals surface area (Å²) < 4.78 is 0. The Morgan fingerprint density at radius 2 is 1.71 bits per heavy atom. The lowest BCUT2D eigenvalue weighted by Gasteiger charge is -2.01. The number of aryl methyl sites for hydroxylation is 1. The van der Waals surface area contributed by atoms with Crippen molar-refractivity contribution in [3.8, 4) is 17.6 Å². The molecule has 0 radical (unpaired) electrons. The van der Waals surface area contributed by atoms with Crippen molar-refractivity contribution >= 4 is 0 Å². The molecule has 1 fully saturated rings. The first-order valence-corrected chi connectivity index (χ1v) is 9.09. The zero-order chi connectivity index (χ0) is 16.9. The van der Waals surface area contributed by atoms with Crippen molar-refractivity contribution in [1.29, 1.82) is 0 Å². The van der Waals surface area contributed by atoms with E-state index in [0.717, 1.165) is 28.5 Å². The number of unbranched alkanes of at least 4 members (excludes halogenated alkanes) is 2. The summed E-state index contributed by atoms with van der Waals surface area (Å²) in [7, 11) is 0. The number of benzene rings is 2. The largest absolute Gasteiger partial charge is 0.508 e. The highest BCUT2D eigenvalue weighted by atomic mass is 16.3. The molecule has 0 aromatic heterocycles. The lowest BCUT2D eigenvalue weighted by Crippen LogP contribution is -1.86. The van der Waals surface area contributed by atoms with Crippen LogP contribution in [0.1, 0.15) is 67.2 Å². The third kappa shape index (κ3) is 4.20. The van der Waals surface area contributed by atoms with E-state index >= 15 is 0 Å². The van der Waals surface area contributed by atoms with Gasteiger partial charge in [-0.2, -0.15) is 0 Å². The second-order valence-corrected chi connectivity index (χ2v) is 6.97. The van der Waals surface area contributed by atoms with Crippen molar-refractivity contribution in [2.45, 2.75) is 51.9 Å². The predicted molar refractivity (Wildman–Crippen MR) is 100 cm³/mol. The van der Waals surface area contributed by atoms with Gasteiger partial charge in [0, 0.05) is 11.1 Å². The van der Waals surface area contributed by atoms with E-state index < -0.39 is 0 Å². The van der Waals surface area contributed by atoms with Crippen LogP contribution in [-0.2, 0) is 0 Å². The molecule has 1 N–H and O–H groups in total.